The number of benzene rings is 1. The van der Waals surface area contributed by atoms with Crippen molar-refractivity contribution < 1.29 is 17.9 Å². The number of nitrogens with zero attached hydrogens (tertiary/aromatic N) is 1. The Bertz CT molecular complexity index is 1040. The Labute approximate surface area is 208 Å². The third kappa shape index (κ3) is 7.63. The SMILES string of the molecule is COCCN(Cc1ccc(-c2cc(CC(C)C)sc2S(N)(=O)=O)cc1)C(=O)CC1CCCCC1. The zero-order chi connectivity index (χ0) is 24.7. The van der Waals surface area contributed by atoms with Gasteiger partial charge in [-0.1, -0.05) is 57.4 Å². The van der Waals surface area contributed by atoms with E-state index in [1.807, 2.05) is 35.2 Å². The molecule has 0 spiro atoms. The summed E-state index contributed by atoms with van der Waals surface area (Å²) in [5.74, 6) is 1.09. The summed E-state index contributed by atoms with van der Waals surface area (Å²) >= 11 is 1.25. The van der Waals surface area contributed by atoms with Crippen LogP contribution in [0.5, 0.6) is 0 Å². The minimum Gasteiger partial charge on any atom is -0.383 e. The second kappa shape index (κ2) is 12.3. The fraction of sp³-hybridized carbons (Fsp3) is 0.577. The van der Waals surface area contributed by atoms with Crippen LogP contribution >= 0.6 is 11.3 Å². The van der Waals surface area contributed by atoms with E-state index in [1.54, 1.807) is 7.11 Å². The fourth-order valence-corrected chi connectivity index (χ4v) is 7.00. The summed E-state index contributed by atoms with van der Waals surface area (Å²) in [6, 6.07) is 9.72. The van der Waals surface area contributed by atoms with Gasteiger partial charge in [0.15, 0.2) is 0 Å². The second-order valence-corrected chi connectivity index (χ2v) is 12.7. The van der Waals surface area contributed by atoms with Crippen molar-refractivity contribution in [1.82, 2.24) is 4.90 Å². The number of amides is 1. The Balaban J connectivity index is 1.76. The average Bonchev–Trinajstić information content (AvgIpc) is 3.21. The number of thiophene rings is 1. The highest BCUT2D eigenvalue weighted by atomic mass is 32.2. The average molecular weight is 507 g/mol. The van der Waals surface area contributed by atoms with E-state index in [0.29, 0.717) is 43.5 Å². The van der Waals surface area contributed by atoms with Gasteiger partial charge in [0.05, 0.1) is 6.61 Å². The lowest BCUT2D eigenvalue weighted by atomic mass is 9.86. The van der Waals surface area contributed by atoms with Crippen LogP contribution in [-0.4, -0.2) is 39.5 Å². The molecule has 8 heteroatoms. The van der Waals surface area contributed by atoms with Crippen molar-refractivity contribution in [3.05, 3.63) is 40.8 Å². The first-order valence-corrected chi connectivity index (χ1v) is 14.5. The zero-order valence-corrected chi connectivity index (χ0v) is 22.2. The molecule has 3 rings (SSSR count). The first kappa shape index (κ1) is 26.9. The molecule has 188 valence electrons. The van der Waals surface area contributed by atoms with Crippen molar-refractivity contribution in [3.8, 4) is 11.1 Å². The van der Waals surface area contributed by atoms with Crippen molar-refractivity contribution >= 4 is 27.3 Å². The Morgan fingerprint density at radius 3 is 2.44 bits per heavy atom. The number of ether oxygens (including phenoxy) is 1. The molecule has 1 aromatic carbocycles. The summed E-state index contributed by atoms with van der Waals surface area (Å²) in [5.41, 5.74) is 2.47. The van der Waals surface area contributed by atoms with Gasteiger partial charge in [0.2, 0.25) is 15.9 Å². The molecule has 6 nitrogen and oxygen atoms in total. The molecule has 1 aliphatic carbocycles. The largest absolute Gasteiger partial charge is 0.383 e. The summed E-state index contributed by atoms with van der Waals surface area (Å²) in [6.45, 7) is 5.78. The number of methoxy groups -OCH3 is 1. The summed E-state index contributed by atoms with van der Waals surface area (Å²) in [7, 11) is -2.16. The molecule has 0 saturated heterocycles. The van der Waals surface area contributed by atoms with Crippen LogP contribution in [0.3, 0.4) is 0 Å². The van der Waals surface area contributed by atoms with Crippen LogP contribution in [0.15, 0.2) is 34.5 Å². The van der Waals surface area contributed by atoms with E-state index in [9.17, 15) is 13.2 Å². The number of carbonyl (C=O) groups excluding carboxylic acids is 1. The third-order valence-electron chi connectivity index (χ3n) is 6.36. The number of sulfonamides is 1. The summed E-state index contributed by atoms with van der Waals surface area (Å²) in [4.78, 5) is 15.9. The van der Waals surface area contributed by atoms with Gasteiger partial charge in [0.1, 0.15) is 4.21 Å². The van der Waals surface area contributed by atoms with Gasteiger partial charge in [-0.15, -0.1) is 11.3 Å². The van der Waals surface area contributed by atoms with Gasteiger partial charge in [0.25, 0.3) is 0 Å². The first-order chi connectivity index (χ1) is 16.2. The highest BCUT2D eigenvalue weighted by molar-refractivity contribution is 7.91. The van der Waals surface area contributed by atoms with E-state index in [2.05, 4.69) is 13.8 Å². The van der Waals surface area contributed by atoms with Crippen molar-refractivity contribution in [1.29, 1.82) is 0 Å². The maximum atomic E-state index is 13.0. The van der Waals surface area contributed by atoms with Gasteiger partial charge < -0.3 is 9.64 Å². The molecule has 1 heterocycles. The van der Waals surface area contributed by atoms with Crippen molar-refractivity contribution in [2.24, 2.45) is 17.0 Å². The molecule has 1 saturated carbocycles. The van der Waals surface area contributed by atoms with E-state index in [4.69, 9.17) is 9.88 Å². The van der Waals surface area contributed by atoms with Gasteiger partial charge in [-0.25, -0.2) is 13.6 Å². The summed E-state index contributed by atoms with van der Waals surface area (Å²) in [6.07, 6.45) is 7.42. The summed E-state index contributed by atoms with van der Waals surface area (Å²) in [5, 5.41) is 5.52. The van der Waals surface area contributed by atoms with Crippen molar-refractivity contribution in [3.63, 3.8) is 0 Å². The van der Waals surface area contributed by atoms with Crippen LogP contribution in [0, 0.1) is 11.8 Å². The Morgan fingerprint density at radius 2 is 1.85 bits per heavy atom. The van der Waals surface area contributed by atoms with Crippen LogP contribution in [0.2, 0.25) is 0 Å². The molecule has 34 heavy (non-hydrogen) atoms. The first-order valence-electron chi connectivity index (χ1n) is 12.2. The topological polar surface area (TPSA) is 89.7 Å². The molecule has 0 bridgehead atoms. The monoisotopic (exact) mass is 506 g/mol. The Kier molecular flexibility index (Phi) is 9.71. The number of hydrogen-bond acceptors (Lipinski definition) is 5. The number of primary sulfonamides is 1. The molecule has 2 N–H and O–H groups in total. The number of rotatable bonds is 11. The smallest absolute Gasteiger partial charge is 0.248 e. The lowest BCUT2D eigenvalue weighted by Gasteiger charge is -2.27. The highest BCUT2D eigenvalue weighted by Crippen LogP contribution is 2.36. The quantitative estimate of drug-likeness (QED) is 0.453. The fourth-order valence-electron chi connectivity index (χ4n) is 4.61. The van der Waals surface area contributed by atoms with Gasteiger partial charge >= 0.3 is 0 Å². The van der Waals surface area contributed by atoms with Gasteiger partial charge in [-0.05, 0) is 48.3 Å². The molecule has 0 aliphatic heterocycles. The molecule has 1 aromatic heterocycles. The summed E-state index contributed by atoms with van der Waals surface area (Å²) < 4.78 is 29.9. The molecule has 2 aromatic rings. The zero-order valence-electron chi connectivity index (χ0n) is 20.6. The van der Waals surface area contributed by atoms with Crippen LogP contribution in [0.25, 0.3) is 11.1 Å². The molecular formula is C26H38N2O4S2. The van der Waals surface area contributed by atoms with Gasteiger partial charge in [-0.3, -0.25) is 4.79 Å². The molecule has 0 unspecified atom stereocenters. The van der Waals surface area contributed by atoms with Gasteiger partial charge in [0, 0.05) is 37.1 Å². The molecule has 1 fully saturated rings. The van der Waals surface area contributed by atoms with Crippen LogP contribution < -0.4 is 5.14 Å². The lowest BCUT2D eigenvalue weighted by molar-refractivity contribution is -0.133. The minimum atomic E-state index is -3.81. The van der Waals surface area contributed by atoms with Crippen LogP contribution in [0.4, 0.5) is 0 Å². The Hall–Kier alpha value is -1.74. The molecule has 1 amide bonds. The van der Waals surface area contributed by atoms with Crippen LogP contribution in [-0.2, 0) is 32.5 Å². The van der Waals surface area contributed by atoms with Crippen molar-refractivity contribution in [2.75, 3.05) is 20.3 Å². The molecule has 0 atom stereocenters. The third-order valence-corrected chi connectivity index (χ3v) is 9.00. The predicted octanol–water partition coefficient (Wildman–Crippen LogP) is 5.21. The second-order valence-electron chi connectivity index (χ2n) is 9.77. The van der Waals surface area contributed by atoms with Crippen LogP contribution in [0.1, 0.15) is 62.8 Å². The van der Waals surface area contributed by atoms with E-state index in [0.717, 1.165) is 35.3 Å². The number of nitrogens with two attached hydrogens (primary N) is 1. The molecule has 1 aliphatic rings. The molecular weight excluding hydrogens is 468 g/mol. The number of hydrogen-bond donors (Lipinski definition) is 1. The standard InChI is InChI=1S/C26H38N2O4S2/c1-19(2)15-23-17-24(26(33-23)34(27,30)31)22-11-9-21(10-12-22)18-28(13-14-32-3)25(29)16-20-7-5-4-6-8-20/h9-12,17,19-20H,4-8,13-16,18H2,1-3H3,(H2,27,30,31). The van der Waals surface area contributed by atoms with Gasteiger partial charge in [-0.2, -0.15) is 0 Å². The van der Waals surface area contributed by atoms with Crippen molar-refractivity contribution in [2.45, 2.75) is 69.5 Å². The lowest BCUT2D eigenvalue weighted by Crippen LogP contribution is -2.34. The maximum absolute atomic E-state index is 13.0. The maximum Gasteiger partial charge on any atom is 0.248 e. The van der Waals surface area contributed by atoms with E-state index in [-0.39, 0.29) is 10.1 Å². The van der Waals surface area contributed by atoms with E-state index < -0.39 is 10.0 Å². The Morgan fingerprint density at radius 1 is 1.18 bits per heavy atom. The molecule has 0 radical (unpaired) electrons. The van der Waals surface area contributed by atoms with E-state index in [1.165, 1.54) is 30.6 Å². The normalized spacial score (nSPS) is 15.1. The predicted molar refractivity (Wildman–Crippen MR) is 138 cm³/mol. The number of carbonyl (C=O) groups is 1. The minimum absolute atomic E-state index is 0.181. The van der Waals surface area contributed by atoms with E-state index >= 15 is 0 Å². The highest BCUT2D eigenvalue weighted by Gasteiger charge is 2.22.